The number of carbonyl (C=O) groups is 1. The van der Waals surface area contributed by atoms with Gasteiger partial charge in [-0.15, -0.1) is 0 Å². The second kappa shape index (κ2) is 6.12. The Hall–Kier alpha value is -1.55. The fraction of sp³-hybridized carbons (Fsp3) is 0.417. The second-order valence-corrected chi connectivity index (χ2v) is 3.67. The highest BCUT2D eigenvalue weighted by Gasteiger charge is 2.03. The number of hydrogen-bond acceptors (Lipinski definition) is 3. The summed E-state index contributed by atoms with van der Waals surface area (Å²) in [6.07, 6.45) is 0.481. The van der Waals surface area contributed by atoms with E-state index in [0.717, 1.165) is 11.3 Å². The van der Waals surface area contributed by atoms with E-state index in [1.165, 1.54) is 0 Å². The van der Waals surface area contributed by atoms with E-state index in [2.05, 4.69) is 5.32 Å². The smallest absolute Gasteiger partial charge is 0.221 e. The van der Waals surface area contributed by atoms with Crippen LogP contribution in [0.1, 0.15) is 12.0 Å². The van der Waals surface area contributed by atoms with Crippen LogP contribution < -0.4 is 10.2 Å². The summed E-state index contributed by atoms with van der Waals surface area (Å²) < 4.78 is 0. The molecule has 0 unspecified atom stereocenters. The minimum Gasteiger partial charge on any atom is -0.392 e. The Kier molecular flexibility index (Phi) is 4.79. The number of aliphatic hydroxyl groups is 1. The summed E-state index contributed by atoms with van der Waals surface area (Å²) in [6, 6.07) is 7.64. The number of hydrogen-bond donors (Lipinski definition) is 2. The molecule has 2 N–H and O–H groups in total. The van der Waals surface area contributed by atoms with Crippen LogP contribution >= 0.6 is 0 Å². The van der Waals surface area contributed by atoms with Gasteiger partial charge < -0.3 is 15.3 Å². The summed E-state index contributed by atoms with van der Waals surface area (Å²) in [7, 11) is 3.58. The Bertz CT molecular complexity index is 335. The number of benzene rings is 1. The standard InChI is InChI=1S/C12H18N2O2/c1-13-12(16)7-8-14(2)11-5-3-10(9-15)4-6-11/h3-6,15H,7-9H2,1-2H3,(H,13,16). The summed E-state index contributed by atoms with van der Waals surface area (Å²) in [5.41, 5.74) is 1.93. The molecule has 16 heavy (non-hydrogen) atoms. The Morgan fingerprint density at radius 3 is 2.50 bits per heavy atom. The third-order valence-corrected chi connectivity index (χ3v) is 2.51. The molecule has 0 aliphatic rings. The number of carbonyl (C=O) groups excluding carboxylic acids is 1. The van der Waals surface area contributed by atoms with Gasteiger partial charge >= 0.3 is 0 Å². The number of nitrogens with one attached hydrogen (secondary N) is 1. The number of rotatable bonds is 5. The molecule has 88 valence electrons. The normalized spacial score (nSPS) is 9.94. The molecule has 0 saturated carbocycles. The Labute approximate surface area is 95.9 Å². The lowest BCUT2D eigenvalue weighted by molar-refractivity contribution is -0.120. The molecule has 4 heteroatoms. The van der Waals surface area contributed by atoms with Crippen LogP contribution in [0.25, 0.3) is 0 Å². The fourth-order valence-electron chi connectivity index (χ4n) is 1.38. The maximum atomic E-state index is 11.1. The molecule has 0 fully saturated rings. The second-order valence-electron chi connectivity index (χ2n) is 3.67. The lowest BCUT2D eigenvalue weighted by atomic mass is 10.2. The Balaban J connectivity index is 2.52. The van der Waals surface area contributed by atoms with Crippen molar-refractivity contribution in [3.63, 3.8) is 0 Å². The maximum absolute atomic E-state index is 11.1. The van der Waals surface area contributed by atoms with E-state index < -0.39 is 0 Å². The van der Waals surface area contributed by atoms with Gasteiger partial charge in [-0.3, -0.25) is 4.79 Å². The third kappa shape index (κ3) is 3.55. The summed E-state index contributed by atoms with van der Waals surface area (Å²) in [4.78, 5) is 13.1. The molecule has 0 aliphatic heterocycles. The average molecular weight is 222 g/mol. The van der Waals surface area contributed by atoms with Gasteiger partial charge in [0, 0.05) is 32.7 Å². The van der Waals surface area contributed by atoms with Crippen molar-refractivity contribution in [2.24, 2.45) is 0 Å². The van der Waals surface area contributed by atoms with Crippen molar-refractivity contribution in [3.05, 3.63) is 29.8 Å². The average Bonchev–Trinajstić information content (AvgIpc) is 2.35. The molecule has 0 aromatic heterocycles. The highest BCUT2D eigenvalue weighted by molar-refractivity contribution is 5.76. The SMILES string of the molecule is CNC(=O)CCN(C)c1ccc(CO)cc1. The first kappa shape index (κ1) is 12.5. The van der Waals surface area contributed by atoms with Gasteiger partial charge in [0.05, 0.1) is 6.61 Å². The van der Waals surface area contributed by atoms with Crippen LogP contribution in [0.4, 0.5) is 5.69 Å². The summed E-state index contributed by atoms with van der Waals surface area (Å²) in [5, 5.41) is 11.5. The number of anilines is 1. The first-order chi connectivity index (χ1) is 7.67. The van der Waals surface area contributed by atoms with E-state index in [1.807, 2.05) is 36.2 Å². The van der Waals surface area contributed by atoms with E-state index in [-0.39, 0.29) is 12.5 Å². The van der Waals surface area contributed by atoms with Crippen LogP contribution in [0.15, 0.2) is 24.3 Å². The predicted molar refractivity (Wildman–Crippen MR) is 64.3 cm³/mol. The molecular weight excluding hydrogens is 204 g/mol. The van der Waals surface area contributed by atoms with Crippen molar-refractivity contribution in [3.8, 4) is 0 Å². The minimum absolute atomic E-state index is 0.0406. The molecule has 1 aromatic carbocycles. The lowest BCUT2D eigenvalue weighted by Crippen LogP contribution is -2.26. The van der Waals surface area contributed by atoms with Crippen molar-refractivity contribution < 1.29 is 9.90 Å². The molecule has 1 aromatic rings. The Morgan fingerprint density at radius 2 is 2.00 bits per heavy atom. The van der Waals surface area contributed by atoms with Crippen LogP contribution in [0, 0.1) is 0 Å². The summed E-state index contributed by atoms with van der Waals surface area (Å²) in [5.74, 6) is 0.0406. The maximum Gasteiger partial charge on any atom is 0.221 e. The molecular formula is C12H18N2O2. The van der Waals surface area contributed by atoms with Crippen LogP contribution in [-0.2, 0) is 11.4 Å². The minimum atomic E-state index is 0.0406. The molecule has 0 spiro atoms. The molecule has 0 atom stereocenters. The quantitative estimate of drug-likeness (QED) is 0.773. The van der Waals surface area contributed by atoms with Crippen molar-refractivity contribution in [1.29, 1.82) is 0 Å². The first-order valence-electron chi connectivity index (χ1n) is 5.29. The summed E-state index contributed by atoms with van der Waals surface area (Å²) >= 11 is 0. The summed E-state index contributed by atoms with van der Waals surface area (Å²) in [6.45, 7) is 0.736. The zero-order valence-electron chi connectivity index (χ0n) is 9.73. The van der Waals surface area contributed by atoms with Crippen LogP contribution in [0.2, 0.25) is 0 Å². The van der Waals surface area contributed by atoms with E-state index in [1.54, 1.807) is 7.05 Å². The highest BCUT2D eigenvalue weighted by atomic mass is 16.3. The van der Waals surface area contributed by atoms with Crippen LogP contribution in [-0.4, -0.2) is 31.7 Å². The monoisotopic (exact) mass is 222 g/mol. The van der Waals surface area contributed by atoms with E-state index >= 15 is 0 Å². The largest absolute Gasteiger partial charge is 0.392 e. The molecule has 0 aliphatic carbocycles. The van der Waals surface area contributed by atoms with Gasteiger partial charge in [0.25, 0.3) is 0 Å². The van der Waals surface area contributed by atoms with Gasteiger partial charge in [-0.2, -0.15) is 0 Å². The zero-order valence-corrected chi connectivity index (χ0v) is 9.73. The topological polar surface area (TPSA) is 52.6 Å². The van der Waals surface area contributed by atoms with Gasteiger partial charge in [-0.25, -0.2) is 0 Å². The first-order valence-corrected chi connectivity index (χ1v) is 5.29. The molecule has 0 radical (unpaired) electrons. The van der Waals surface area contributed by atoms with Gasteiger partial charge in [0.15, 0.2) is 0 Å². The van der Waals surface area contributed by atoms with Crippen molar-refractivity contribution >= 4 is 11.6 Å². The van der Waals surface area contributed by atoms with Crippen LogP contribution in [0.5, 0.6) is 0 Å². The molecule has 0 bridgehead atoms. The fourth-order valence-corrected chi connectivity index (χ4v) is 1.38. The molecule has 1 amide bonds. The van der Waals surface area contributed by atoms with Crippen molar-refractivity contribution in [1.82, 2.24) is 5.32 Å². The number of aliphatic hydroxyl groups excluding tert-OH is 1. The highest BCUT2D eigenvalue weighted by Crippen LogP contribution is 2.13. The van der Waals surface area contributed by atoms with E-state index in [4.69, 9.17) is 5.11 Å². The third-order valence-electron chi connectivity index (χ3n) is 2.51. The van der Waals surface area contributed by atoms with Crippen molar-refractivity contribution in [2.45, 2.75) is 13.0 Å². The number of amides is 1. The van der Waals surface area contributed by atoms with Crippen molar-refractivity contribution in [2.75, 3.05) is 25.5 Å². The predicted octanol–water partition coefficient (Wildman–Crippen LogP) is 0.751. The Morgan fingerprint density at radius 1 is 1.38 bits per heavy atom. The number of nitrogens with zero attached hydrogens (tertiary/aromatic N) is 1. The molecule has 1 rings (SSSR count). The van der Waals surface area contributed by atoms with E-state index in [9.17, 15) is 4.79 Å². The van der Waals surface area contributed by atoms with Gasteiger partial charge in [-0.05, 0) is 17.7 Å². The molecule has 0 heterocycles. The lowest BCUT2D eigenvalue weighted by Gasteiger charge is -2.18. The van der Waals surface area contributed by atoms with Gasteiger partial charge in [-0.1, -0.05) is 12.1 Å². The zero-order chi connectivity index (χ0) is 12.0. The van der Waals surface area contributed by atoms with Crippen LogP contribution in [0.3, 0.4) is 0 Å². The molecule has 0 saturated heterocycles. The van der Waals surface area contributed by atoms with E-state index in [0.29, 0.717) is 13.0 Å². The van der Waals surface area contributed by atoms with Gasteiger partial charge in [0.1, 0.15) is 0 Å². The van der Waals surface area contributed by atoms with Gasteiger partial charge in [0.2, 0.25) is 5.91 Å². The molecule has 4 nitrogen and oxygen atoms in total.